The van der Waals surface area contributed by atoms with Gasteiger partial charge in [0.2, 0.25) is 0 Å². The minimum Gasteiger partial charge on any atom is -0.463 e. The van der Waals surface area contributed by atoms with Gasteiger partial charge in [0.05, 0.1) is 30.8 Å². The van der Waals surface area contributed by atoms with Crippen molar-refractivity contribution in [1.29, 1.82) is 0 Å². The summed E-state index contributed by atoms with van der Waals surface area (Å²) in [6, 6.07) is 0. The van der Waals surface area contributed by atoms with Crippen LogP contribution in [0, 0.1) is 16.7 Å². The number of hydrogen-bond donors (Lipinski definition) is 1. The molecule has 0 amide bonds. The normalized spacial score (nSPS) is 45.9. The fraction of sp³-hybridized carbons (Fsp3) is 0.667. The van der Waals surface area contributed by atoms with Crippen LogP contribution < -0.4 is 0 Å². The molecule has 0 aromatic carbocycles. The molecule has 9 heteroatoms. The highest BCUT2D eigenvalue weighted by Gasteiger charge is 2.83. The van der Waals surface area contributed by atoms with Crippen LogP contribution in [0.15, 0.2) is 36.0 Å². The zero-order valence-corrected chi connectivity index (χ0v) is 20.9. The zero-order valence-electron chi connectivity index (χ0n) is 20.9. The molecule has 8 atom stereocenters. The lowest BCUT2D eigenvalue weighted by Crippen LogP contribution is -2.66. The Balaban J connectivity index is 1.52. The third-order valence-corrected chi connectivity index (χ3v) is 9.12. The molecule has 0 radical (unpaired) electrons. The number of carbonyl (C=O) groups excluding carboxylic acids is 3. The predicted molar refractivity (Wildman–Crippen MR) is 125 cm³/mol. The van der Waals surface area contributed by atoms with Crippen LogP contribution in [0.25, 0.3) is 0 Å². The third-order valence-electron chi connectivity index (χ3n) is 9.12. The molecule has 5 aliphatic rings. The minimum absolute atomic E-state index is 0.00000344. The molecule has 3 heterocycles. The van der Waals surface area contributed by atoms with Gasteiger partial charge >= 0.3 is 17.9 Å². The van der Waals surface area contributed by atoms with Crippen LogP contribution in [0.2, 0.25) is 0 Å². The molecule has 2 aliphatic carbocycles. The summed E-state index contributed by atoms with van der Waals surface area (Å²) in [5, 5.41) is 10.6. The van der Waals surface area contributed by atoms with Crippen LogP contribution in [-0.4, -0.2) is 72.9 Å². The first kappa shape index (κ1) is 25.2. The maximum atomic E-state index is 12.9. The first-order valence-corrected chi connectivity index (χ1v) is 12.7. The maximum Gasteiger partial charge on any atom is 0.335 e. The van der Waals surface area contributed by atoms with E-state index in [1.54, 1.807) is 6.92 Å². The van der Waals surface area contributed by atoms with Gasteiger partial charge in [-0.25, -0.2) is 14.4 Å². The highest BCUT2D eigenvalue weighted by molar-refractivity contribution is 5.84. The van der Waals surface area contributed by atoms with Crippen molar-refractivity contribution in [3.8, 4) is 0 Å². The molecule has 0 aromatic rings. The molecule has 1 N–H and O–H groups in total. The summed E-state index contributed by atoms with van der Waals surface area (Å²) in [7, 11) is 0. The Bertz CT molecular complexity index is 1020. The molecule has 196 valence electrons. The summed E-state index contributed by atoms with van der Waals surface area (Å²) in [6.07, 6.45) is 7.11. The van der Waals surface area contributed by atoms with Gasteiger partial charge in [0.15, 0.2) is 6.10 Å². The lowest BCUT2D eigenvalue weighted by Gasteiger charge is -2.58. The highest BCUT2D eigenvalue weighted by Crippen LogP contribution is 2.72. The Morgan fingerprint density at radius 1 is 1.03 bits per heavy atom. The summed E-state index contributed by atoms with van der Waals surface area (Å²) in [4.78, 5) is 37.6. The van der Waals surface area contributed by atoms with Crippen molar-refractivity contribution in [2.45, 2.75) is 76.5 Å². The molecule has 2 saturated heterocycles. The highest BCUT2D eigenvalue weighted by atomic mass is 16.6. The maximum absolute atomic E-state index is 12.9. The van der Waals surface area contributed by atoms with E-state index < -0.39 is 52.5 Å². The van der Waals surface area contributed by atoms with E-state index in [0.29, 0.717) is 19.4 Å². The largest absolute Gasteiger partial charge is 0.463 e. The van der Waals surface area contributed by atoms with Crippen LogP contribution in [0.4, 0.5) is 0 Å². The van der Waals surface area contributed by atoms with Gasteiger partial charge in [-0.2, -0.15) is 0 Å². The van der Waals surface area contributed by atoms with E-state index in [0.717, 1.165) is 6.42 Å². The Morgan fingerprint density at radius 3 is 2.47 bits per heavy atom. The second-order valence-electron chi connectivity index (χ2n) is 11.0. The molecule has 0 aromatic heterocycles. The van der Waals surface area contributed by atoms with Crippen molar-refractivity contribution in [2.75, 3.05) is 19.8 Å². The number of esters is 3. The quantitative estimate of drug-likeness (QED) is 0.230. The first-order valence-electron chi connectivity index (χ1n) is 12.7. The minimum atomic E-state index is -1.37. The lowest BCUT2D eigenvalue weighted by molar-refractivity contribution is -0.234. The Labute approximate surface area is 210 Å². The van der Waals surface area contributed by atoms with Gasteiger partial charge in [0, 0.05) is 24.0 Å². The van der Waals surface area contributed by atoms with Gasteiger partial charge in [-0.3, -0.25) is 0 Å². The molecular weight excluding hydrogens is 468 g/mol. The predicted octanol–water partition coefficient (Wildman–Crippen LogP) is 2.17. The summed E-state index contributed by atoms with van der Waals surface area (Å²) >= 11 is 0. The molecule has 2 bridgehead atoms. The van der Waals surface area contributed by atoms with Gasteiger partial charge < -0.3 is 28.8 Å². The van der Waals surface area contributed by atoms with Crippen molar-refractivity contribution in [3.63, 3.8) is 0 Å². The average molecular weight is 503 g/mol. The number of carbonyl (C=O) groups is 3. The summed E-state index contributed by atoms with van der Waals surface area (Å²) in [5.74, 6) is -2.34. The SMILES string of the molecule is CC1=C[C@H]2O[C@@H]3C[C@H]4OC(=O)/C=C/C=CC(=O)OCC[C@@H](C)[C@H](O)C(=O)OC[C@@]2(CC1)[C@]4(C)[C@]31CO1. The van der Waals surface area contributed by atoms with E-state index in [-0.39, 0.29) is 31.8 Å². The number of hydrogen-bond acceptors (Lipinski definition) is 9. The van der Waals surface area contributed by atoms with E-state index in [1.165, 1.54) is 29.9 Å². The van der Waals surface area contributed by atoms with Gasteiger partial charge in [-0.15, -0.1) is 0 Å². The number of rotatable bonds is 0. The number of aliphatic hydroxyl groups is 1. The smallest absolute Gasteiger partial charge is 0.335 e. The number of allylic oxidation sites excluding steroid dienone is 3. The van der Waals surface area contributed by atoms with Crippen molar-refractivity contribution in [1.82, 2.24) is 0 Å². The van der Waals surface area contributed by atoms with Gasteiger partial charge in [-0.05, 0) is 32.1 Å². The molecular formula is C27H34O9. The number of aliphatic hydroxyl groups excluding tert-OH is 1. The molecule has 3 fully saturated rings. The monoisotopic (exact) mass is 502 g/mol. The standard InChI is InChI=1S/C27H34O9/c1-16-8-10-26-14-33-24(31)23(30)17(2)9-11-32-21(28)6-4-5-7-22(29)36-18-13-20(35-19(26)12-16)27(15-34-27)25(18,26)3/h4-7,12,17-20,23,30H,8-11,13-15H2,1-3H3/b6-4?,7-5+/t17-,18-,19-,20-,23+,25-,26-,27+/m1/s1. The van der Waals surface area contributed by atoms with E-state index in [1.807, 2.05) is 0 Å². The molecule has 1 saturated carbocycles. The molecule has 0 unspecified atom stereocenters. The Kier molecular flexibility index (Phi) is 6.37. The number of epoxide rings is 1. The van der Waals surface area contributed by atoms with Crippen LogP contribution in [0.5, 0.6) is 0 Å². The third kappa shape index (κ3) is 3.83. The van der Waals surface area contributed by atoms with Gasteiger partial charge in [0.25, 0.3) is 0 Å². The van der Waals surface area contributed by atoms with Crippen molar-refractivity contribution >= 4 is 17.9 Å². The van der Waals surface area contributed by atoms with Gasteiger partial charge in [-0.1, -0.05) is 37.6 Å². The second kappa shape index (κ2) is 9.11. The lowest BCUT2D eigenvalue weighted by atomic mass is 9.51. The van der Waals surface area contributed by atoms with Crippen LogP contribution in [-0.2, 0) is 38.1 Å². The summed E-state index contributed by atoms with van der Waals surface area (Å²) in [5.41, 5.74) is -0.820. The van der Waals surface area contributed by atoms with Gasteiger partial charge in [0.1, 0.15) is 18.3 Å². The molecule has 3 aliphatic heterocycles. The fourth-order valence-corrected chi connectivity index (χ4v) is 6.65. The average Bonchev–Trinajstić information content (AvgIpc) is 3.62. The zero-order chi connectivity index (χ0) is 25.7. The first-order chi connectivity index (χ1) is 17.1. The molecule has 9 nitrogen and oxygen atoms in total. The van der Waals surface area contributed by atoms with Crippen LogP contribution in [0.3, 0.4) is 0 Å². The Hall–Kier alpha value is -2.49. The number of cyclic esters (lactones) is 2. The van der Waals surface area contributed by atoms with Crippen molar-refractivity contribution in [3.05, 3.63) is 36.0 Å². The van der Waals surface area contributed by atoms with Crippen molar-refractivity contribution in [2.24, 2.45) is 16.7 Å². The molecule has 36 heavy (non-hydrogen) atoms. The van der Waals surface area contributed by atoms with E-state index >= 15 is 0 Å². The van der Waals surface area contributed by atoms with Crippen LogP contribution in [0.1, 0.15) is 46.5 Å². The fourth-order valence-electron chi connectivity index (χ4n) is 6.65. The molecule has 2 spiro atoms. The van der Waals surface area contributed by atoms with E-state index in [4.69, 9.17) is 23.7 Å². The second-order valence-corrected chi connectivity index (χ2v) is 11.0. The Morgan fingerprint density at radius 2 is 1.75 bits per heavy atom. The summed E-state index contributed by atoms with van der Waals surface area (Å²) < 4.78 is 29.6. The molecule has 5 rings (SSSR count). The van der Waals surface area contributed by atoms with E-state index in [9.17, 15) is 19.5 Å². The topological polar surface area (TPSA) is 121 Å². The summed E-state index contributed by atoms with van der Waals surface area (Å²) in [6.45, 7) is 6.34. The van der Waals surface area contributed by atoms with Crippen LogP contribution >= 0.6 is 0 Å². The van der Waals surface area contributed by atoms with Crippen molar-refractivity contribution < 1.29 is 43.2 Å². The number of ether oxygens (including phenoxy) is 5. The van der Waals surface area contributed by atoms with E-state index in [2.05, 4.69) is 19.9 Å².